The molecule has 0 atom stereocenters. The van der Waals surface area contributed by atoms with Gasteiger partial charge in [0, 0.05) is 12.8 Å². The molecule has 5 heteroatoms. The minimum absolute atomic E-state index is 0.0111. The molecular weight excluding hydrogens is 192 g/mol. The Morgan fingerprint density at radius 2 is 2.08 bits per heavy atom. The number of carbonyl (C=O) groups is 1. The predicted octanol–water partition coefficient (Wildman–Crippen LogP) is 2.61. The number of alkyl halides is 1. The number of aliphatic hydroxyl groups is 1. The largest absolute Gasteiger partial charge is 0.505 e. The molecular formula is C8H12ClN2O2+. The molecule has 1 N–H and O–H groups in total. The molecule has 0 spiro atoms. The minimum Gasteiger partial charge on any atom is -0.505 e. The summed E-state index contributed by atoms with van der Waals surface area (Å²) in [5.74, 6) is 0.0751. The summed E-state index contributed by atoms with van der Waals surface area (Å²) in [7, 11) is 0. The summed E-state index contributed by atoms with van der Waals surface area (Å²) in [4.78, 5) is 13.4. The Morgan fingerprint density at radius 1 is 1.46 bits per heavy atom. The summed E-state index contributed by atoms with van der Waals surface area (Å²) in [5.41, 5.74) is 0. The van der Waals surface area contributed by atoms with E-state index < -0.39 is 0 Å². The molecule has 4 nitrogen and oxygen atoms in total. The highest BCUT2D eigenvalue weighted by Gasteiger charge is 2.02. The van der Waals surface area contributed by atoms with Crippen molar-refractivity contribution in [2.24, 2.45) is 0 Å². The van der Waals surface area contributed by atoms with Crippen molar-refractivity contribution in [1.29, 1.82) is 5.39 Å². The van der Waals surface area contributed by atoms with Crippen LogP contribution in [0.25, 0.3) is 4.98 Å². The van der Waals surface area contributed by atoms with Gasteiger partial charge in [0.1, 0.15) is 5.78 Å². The molecule has 0 saturated heterocycles. The number of carbonyl (C=O) groups excluding carboxylic acids is 1. The Labute approximate surface area is 81.8 Å². The molecule has 0 aliphatic rings. The lowest BCUT2D eigenvalue weighted by molar-refractivity contribution is -0.116. The first-order valence-electron chi connectivity index (χ1n) is 4.00. The molecule has 0 fully saturated rings. The Hall–Kier alpha value is -1.08. The molecule has 0 unspecified atom stereocenters. The van der Waals surface area contributed by atoms with Crippen LogP contribution in [-0.2, 0) is 4.79 Å². The Bertz CT molecular complexity index is 233. The van der Waals surface area contributed by atoms with Crippen molar-refractivity contribution in [3.63, 3.8) is 0 Å². The number of rotatable bonds is 6. The molecule has 0 bridgehead atoms. The first kappa shape index (κ1) is 11.9. The fraction of sp³-hybridized carbons (Fsp3) is 0.625. The number of unbranched alkanes of at least 4 members (excludes halogenated alkanes) is 1. The zero-order chi connectivity index (χ0) is 10.1. The maximum atomic E-state index is 10.7. The fourth-order valence-electron chi connectivity index (χ4n) is 0.826. The molecule has 0 radical (unpaired) electrons. The van der Waals surface area contributed by atoms with Gasteiger partial charge < -0.3 is 5.11 Å². The van der Waals surface area contributed by atoms with E-state index in [0.29, 0.717) is 25.7 Å². The van der Waals surface area contributed by atoms with Crippen molar-refractivity contribution in [3.05, 3.63) is 16.9 Å². The lowest BCUT2D eigenvalue weighted by atomic mass is 10.1. The Kier molecular flexibility index (Phi) is 6.93. The molecule has 0 aliphatic heterocycles. The van der Waals surface area contributed by atoms with Crippen LogP contribution in [-0.4, -0.2) is 16.8 Å². The van der Waals surface area contributed by atoms with E-state index in [0.717, 1.165) is 6.20 Å². The Balaban J connectivity index is 3.42. The fourth-order valence-corrected chi connectivity index (χ4v) is 0.960. The number of aliphatic hydroxyl groups excluding tert-OH is 1. The summed E-state index contributed by atoms with van der Waals surface area (Å²) in [6.45, 7) is 0. The molecule has 0 amide bonds. The van der Waals surface area contributed by atoms with Crippen LogP contribution >= 0.6 is 11.6 Å². The standard InChI is InChI=1S/C8H11ClN2O2/c9-5-7(12)3-1-2-4-8(13)6-11-10/h6H,1-5H2/p+1. The van der Waals surface area contributed by atoms with Crippen LogP contribution in [0, 0.1) is 5.39 Å². The second kappa shape index (κ2) is 7.56. The molecule has 0 saturated carbocycles. The van der Waals surface area contributed by atoms with Crippen LogP contribution in [0.3, 0.4) is 0 Å². The maximum absolute atomic E-state index is 10.7. The maximum Gasteiger partial charge on any atom is 0.387 e. The second-order valence-corrected chi connectivity index (χ2v) is 2.88. The average Bonchev–Trinajstić information content (AvgIpc) is 2.12. The number of halogens is 1. The van der Waals surface area contributed by atoms with Crippen molar-refractivity contribution in [1.82, 2.24) is 0 Å². The van der Waals surface area contributed by atoms with Crippen LogP contribution in [0.2, 0.25) is 0 Å². The lowest BCUT2D eigenvalue weighted by Crippen LogP contribution is -1.98. The zero-order valence-corrected chi connectivity index (χ0v) is 8.00. The van der Waals surface area contributed by atoms with E-state index in [9.17, 15) is 4.79 Å². The minimum atomic E-state index is 0.0111. The topological polar surface area (TPSA) is 65.4 Å². The Morgan fingerprint density at radius 3 is 2.62 bits per heavy atom. The van der Waals surface area contributed by atoms with E-state index in [4.69, 9.17) is 22.1 Å². The summed E-state index contributed by atoms with van der Waals surface area (Å²) in [6.07, 6.45) is 3.20. The van der Waals surface area contributed by atoms with Gasteiger partial charge in [-0.15, -0.1) is 11.6 Å². The van der Waals surface area contributed by atoms with Gasteiger partial charge in [0.15, 0.2) is 10.7 Å². The van der Waals surface area contributed by atoms with E-state index in [1.165, 1.54) is 0 Å². The number of diazo groups is 1. The highest BCUT2D eigenvalue weighted by molar-refractivity contribution is 6.27. The van der Waals surface area contributed by atoms with E-state index in [-0.39, 0.29) is 17.4 Å². The van der Waals surface area contributed by atoms with Gasteiger partial charge in [0.25, 0.3) is 0 Å². The first-order valence-corrected chi connectivity index (χ1v) is 4.54. The molecule has 0 aliphatic carbocycles. The average molecular weight is 204 g/mol. The van der Waals surface area contributed by atoms with E-state index in [2.05, 4.69) is 4.98 Å². The number of Topliss-reactive ketones (excluding diaryl/α,β-unsaturated/α-hetero) is 1. The third-order valence-electron chi connectivity index (χ3n) is 1.49. The van der Waals surface area contributed by atoms with Gasteiger partial charge in [-0.1, -0.05) is 0 Å². The molecule has 13 heavy (non-hydrogen) atoms. The number of ketones is 1. The van der Waals surface area contributed by atoms with Crippen molar-refractivity contribution < 1.29 is 9.90 Å². The van der Waals surface area contributed by atoms with Crippen molar-refractivity contribution >= 4 is 17.4 Å². The summed E-state index contributed by atoms with van der Waals surface area (Å²) in [6, 6.07) is 0. The van der Waals surface area contributed by atoms with Crippen molar-refractivity contribution in [3.8, 4) is 0 Å². The van der Waals surface area contributed by atoms with Crippen LogP contribution < -0.4 is 0 Å². The van der Waals surface area contributed by atoms with Gasteiger partial charge in [0.2, 0.25) is 5.39 Å². The van der Waals surface area contributed by atoms with Gasteiger partial charge in [-0.2, -0.15) is 0 Å². The predicted molar refractivity (Wildman–Crippen MR) is 50.0 cm³/mol. The van der Waals surface area contributed by atoms with Gasteiger partial charge in [-0.25, -0.2) is 0 Å². The van der Waals surface area contributed by atoms with E-state index in [1.54, 1.807) is 0 Å². The third kappa shape index (κ3) is 7.29. The van der Waals surface area contributed by atoms with Crippen molar-refractivity contribution in [2.75, 3.05) is 5.88 Å². The van der Waals surface area contributed by atoms with Crippen molar-refractivity contribution in [2.45, 2.75) is 25.7 Å². The third-order valence-corrected chi connectivity index (χ3v) is 1.79. The van der Waals surface area contributed by atoms with Crippen LogP contribution in [0.5, 0.6) is 0 Å². The van der Waals surface area contributed by atoms with Gasteiger partial charge in [0.05, 0.1) is 5.88 Å². The SMILES string of the molecule is N#[N+]C=C(O)CCCCC(=O)CCl. The van der Waals surface area contributed by atoms with Crippen LogP contribution in [0.1, 0.15) is 25.7 Å². The zero-order valence-electron chi connectivity index (χ0n) is 7.24. The molecule has 0 aromatic rings. The smallest absolute Gasteiger partial charge is 0.387 e. The number of hydrogen-bond donors (Lipinski definition) is 1. The monoisotopic (exact) mass is 203 g/mol. The molecule has 0 aromatic heterocycles. The second-order valence-electron chi connectivity index (χ2n) is 2.62. The van der Waals surface area contributed by atoms with Crippen LogP contribution in [0.15, 0.2) is 12.0 Å². The molecule has 0 rings (SSSR count). The van der Waals surface area contributed by atoms with Crippen LogP contribution in [0.4, 0.5) is 0 Å². The summed E-state index contributed by atoms with van der Waals surface area (Å²) in [5, 5.41) is 17.0. The first-order chi connectivity index (χ1) is 6.20. The quantitative estimate of drug-likeness (QED) is 0.312. The lowest BCUT2D eigenvalue weighted by Gasteiger charge is -1.96. The number of nitrogens with zero attached hydrogens (tertiary/aromatic N) is 2. The van der Waals surface area contributed by atoms with Gasteiger partial charge in [-0.05, 0) is 12.8 Å². The van der Waals surface area contributed by atoms with E-state index in [1.807, 2.05) is 0 Å². The summed E-state index contributed by atoms with van der Waals surface area (Å²) < 4.78 is 0. The van der Waals surface area contributed by atoms with Gasteiger partial charge >= 0.3 is 6.20 Å². The van der Waals surface area contributed by atoms with Gasteiger partial charge in [-0.3, -0.25) is 4.79 Å². The van der Waals surface area contributed by atoms with E-state index >= 15 is 0 Å². The number of allylic oxidation sites excluding steroid dienone is 1. The highest BCUT2D eigenvalue weighted by atomic mass is 35.5. The summed E-state index contributed by atoms with van der Waals surface area (Å²) >= 11 is 5.28. The molecule has 72 valence electrons. The highest BCUT2D eigenvalue weighted by Crippen LogP contribution is 2.07. The molecule has 0 aromatic carbocycles. The normalized spacial score (nSPS) is 10.9. The number of hydrogen-bond acceptors (Lipinski definition) is 3. The molecule has 0 heterocycles.